The number of hydrogen-bond donors (Lipinski definition) is 0. The van der Waals surface area contributed by atoms with E-state index in [0.717, 1.165) is 43.5 Å². The lowest BCUT2D eigenvalue weighted by Gasteiger charge is -2.22. The van der Waals surface area contributed by atoms with E-state index >= 15 is 0 Å². The van der Waals surface area contributed by atoms with Crippen LogP contribution in [0.4, 0.5) is 0 Å². The van der Waals surface area contributed by atoms with Crippen molar-refractivity contribution < 1.29 is 13.9 Å². The maximum atomic E-state index is 12.7. The Balaban J connectivity index is 1.47. The van der Waals surface area contributed by atoms with Gasteiger partial charge < -0.3 is 14.1 Å². The zero-order chi connectivity index (χ0) is 22.6. The van der Waals surface area contributed by atoms with Crippen LogP contribution in [0.2, 0.25) is 0 Å². The van der Waals surface area contributed by atoms with Gasteiger partial charge in [-0.05, 0) is 29.5 Å². The lowest BCUT2D eigenvalue weighted by atomic mass is 9.87. The fourth-order valence-corrected chi connectivity index (χ4v) is 3.59. The summed E-state index contributed by atoms with van der Waals surface area (Å²) >= 11 is 0. The summed E-state index contributed by atoms with van der Waals surface area (Å²) in [5.74, 6) is 2.41. The number of carbonyl (C=O) groups excluding carboxylic acids is 1. The number of aromatic nitrogens is 1. The molecule has 1 aliphatic heterocycles. The number of amides is 1. The molecule has 2 aromatic rings. The Morgan fingerprint density at radius 3 is 2.32 bits per heavy atom. The average Bonchev–Trinajstić information content (AvgIpc) is 3.05. The van der Waals surface area contributed by atoms with Crippen LogP contribution >= 0.6 is 0 Å². The maximum Gasteiger partial charge on any atom is 0.260 e. The number of ether oxygens (including phenoxy) is 1. The molecule has 6 heteroatoms. The molecule has 170 valence electrons. The zero-order valence-electron chi connectivity index (χ0n) is 19.9. The molecule has 0 aliphatic carbocycles. The molecule has 1 amide bonds. The molecule has 0 unspecified atom stereocenters. The third kappa shape index (κ3) is 6.57. The van der Waals surface area contributed by atoms with Gasteiger partial charge in [0.05, 0.1) is 12.7 Å². The highest BCUT2D eigenvalue weighted by molar-refractivity contribution is 5.77. The predicted molar refractivity (Wildman–Crippen MR) is 122 cm³/mol. The van der Waals surface area contributed by atoms with Gasteiger partial charge in [0.25, 0.3) is 5.91 Å². The van der Waals surface area contributed by atoms with Crippen LogP contribution in [0.5, 0.6) is 5.75 Å². The summed E-state index contributed by atoms with van der Waals surface area (Å²) in [6.45, 7) is 16.8. The molecule has 1 aromatic heterocycles. The molecule has 1 saturated heterocycles. The van der Waals surface area contributed by atoms with Gasteiger partial charge in [0.2, 0.25) is 5.89 Å². The molecule has 0 atom stereocenters. The predicted octanol–water partition coefficient (Wildman–Crippen LogP) is 4.38. The third-order valence-electron chi connectivity index (χ3n) is 5.68. The second-order valence-electron chi connectivity index (χ2n) is 10.4. The maximum absolute atomic E-state index is 12.7. The lowest BCUT2D eigenvalue weighted by Crippen LogP contribution is -2.38. The standard InChI is InChI=1S/C25H37N3O3/c1-24(2,3)19-8-10-20(11-9-19)30-18-23(29)28-13-7-12-27(14-15-28)17-22-26-16-21(31-22)25(4,5)6/h8-11,16H,7,12-15,17-18H2,1-6H3. The molecule has 0 N–H and O–H groups in total. The van der Waals surface area contributed by atoms with E-state index in [9.17, 15) is 4.79 Å². The second-order valence-corrected chi connectivity index (χ2v) is 10.4. The van der Waals surface area contributed by atoms with Crippen LogP contribution in [0.25, 0.3) is 0 Å². The molecule has 6 nitrogen and oxygen atoms in total. The first kappa shape index (κ1) is 23.3. The van der Waals surface area contributed by atoms with Crippen molar-refractivity contribution in [3.8, 4) is 5.75 Å². The fourth-order valence-electron chi connectivity index (χ4n) is 3.59. The van der Waals surface area contributed by atoms with Gasteiger partial charge in [0.15, 0.2) is 6.61 Å². The number of hydrogen-bond acceptors (Lipinski definition) is 5. The Labute approximate surface area is 186 Å². The molecule has 2 heterocycles. The monoisotopic (exact) mass is 427 g/mol. The van der Waals surface area contributed by atoms with Gasteiger partial charge in [-0.3, -0.25) is 9.69 Å². The van der Waals surface area contributed by atoms with E-state index in [-0.39, 0.29) is 23.3 Å². The van der Waals surface area contributed by atoms with Gasteiger partial charge in [-0.2, -0.15) is 0 Å². The summed E-state index contributed by atoms with van der Waals surface area (Å²) in [5.41, 5.74) is 1.31. The van der Waals surface area contributed by atoms with Gasteiger partial charge in [0, 0.05) is 31.6 Å². The Bertz CT molecular complexity index is 859. The molecule has 0 saturated carbocycles. The van der Waals surface area contributed by atoms with E-state index in [4.69, 9.17) is 9.15 Å². The first-order valence-corrected chi connectivity index (χ1v) is 11.2. The summed E-state index contributed by atoms with van der Waals surface area (Å²) in [6, 6.07) is 8.02. The van der Waals surface area contributed by atoms with E-state index in [1.807, 2.05) is 23.2 Å². The smallest absolute Gasteiger partial charge is 0.260 e. The molecular weight excluding hydrogens is 390 g/mol. The van der Waals surface area contributed by atoms with Crippen LogP contribution in [0.15, 0.2) is 34.9 Å². The highest BCUT2D eigenvalue weighted by atomic mass is 16.5. The molecule has 3 rings (SSSR count). The molecule has 31 heavy (non-hydrogen) atoms. The van der Waals surface area contributed by atoms with E-state index in [0.29, 0.717) is 13.1 Å². The largest absolute Gasteiger partial charge is 0.484 e. The molecule has 0 radical (unpaired) electrons. The minimum absolute atomic E-state index is 0.0351. The summed E-state index contributed by atoms with van der Waals surface area (Å²) in [4.78, 5) is 21.3. The van der Waals surface area contributed by atoms with E-state index in [2.05, 4.69) is 63.6 Å². The minimum atomic E-state index is -0.0413. The Kier molecular flexibility index (Phi) is 7.10. The lowest BCUT2D eigenvalue weighted by molar-refractivity contribution is -0.133. The number of carbonyl (C=O) groups is 1. The van der Waals surface area contributed by atoms with Crippen molar-refractivity contribution in [2.24, 2.45) is 0 Å². The summed E-state index contributed by atoms with van der Waals surface area (Å²) < 4.78 is 11.7. The minimum Gasteiger partial charge on any atom is -0.484 e. The topological polar surface area (TPSA) is 58.8 Å². The van der Waals surface area contributed by atoms with Gasteiger partial charge in [-0.15, -0.1) is 0 Å². The zero-order valence-corrected chi connectivity index (χ0v) is 19.9. The first-order chi connectivity index (χ1) is 14.5. The van der Waals surface area contributed by atoms with Gasteiger partial charge in [-0.25, -0.2) is 4.98 Å². The Morgan fingerprint density at radius 2 is 1.71 bits per heavy atom. The van der Waals surface area contributed by atoms with Crippen molar-refractivity contribution in [3.63, 3.8) is 0 Å². The van der Waals surface area contributed by atoms with Crippen molar-refractivity contribution in [1.82, 2.24) is 14.8 Å². The second kappa shape index (κ2) is 9.43. The first-order valence-electron chi connectivity index (χ1n) is 11.2. The quantitative estimate of drug-likeness (QED) is 0.709. The molecule has 0 spiro atoms. The Hall–Kier alpha value is -2.34. The average molecular weight is 428 g/mol. The number of rotatable bonds is 5. The fraction of sp³-hybridized carbons (Fsp3) is 0.600. The highest BCUT2D eigenvalue weighted by Crippen LogP contribution is 2.25. The van der Waals surface area contributed by atoms with Crippen molar-refractivity contribution in [3.05, 3.63) is 47.7 Å². The van der Waals surface area contributed by atoms with Gasteiger partial charge >= 0.3 is 0 Å². The Morgan fingerprint density at radius 1 is 1.00 bits per heavy atom. The van der Waals surface area contributed by atoms with Gasteiger partial charge in [0.1, 0.15) is 11.5 Å². The summed E-state index contributed by atoms with van der Waals surface area (Å²) in [5, 5.41) is 0. The van der Waals surface area contributed by atoms with E-state index in [1.165, 1.54) is 5.56 Å². The molecular formula is C25H37N3O3. The SMILES string of the molecule is CC(C)(C)c1ccc(OCC(=O)N2CCCN(Cc3ncc(C(C)(C)C)o3)CC2)cc1. The van der Waals surface area contributed by atoms with Crippen LogP contribution in [0.3, 0.4) is 0 Å². The van der Waals surface area contributed by atoms with Crippen molar-refractivity contribution in [2.75, 3.05) is 32.8 Å². The van der Waals surface area contributed by atoms with E-state index in [1.54, 1.807) is 0 Å². The molecule has 1 aromatic carbocycles. The van der Waals surface area contributed by atoms with Crippen LogP contribution in [-0.2, 0) is 22.2 Å². The van der Waals surface area contributed by atoms with Crippen LogP contribution in [-0.4, -0.2) is 53.5 Å². The summed E-state index contributed by atoms with van der Waals surface area (Å²) in [6.07, 6.45) is 2.76. The molecule has 0 bridgehead atoms. The van der Waals surface area contributed by atoms with E-state index < -0.39 is 0 Å². The number of oxazole rings is 1. The normalized spacial score (nSPS) is 16.3. The van der Waals surface area contributed by atoms with Crippen molar-refractivity contribution in [2.45, 2.75) is 65.3 Å². The number of nitrogens with zero attached hydrogens (tertiary/aromatic N) is 3. The third-order valence-corrected chi connectivity index (χ3v) is 5.68. The van der Waals surface area contributed by atoms with Crippen LogP contribution in [0, 0.1) is 0 Å². The number of benzene rings is 1. The summed E-state index contributed by atoms with van der Waals surface area (Å²) in [7, 11) is 0. The van der Waals surface area contributed by atoms with Gasteiger partial charge in [-0.1, -0.05) is 53.7 Å². The molecule has 1 aliphatic rings. The molecule has 1 fully saturated rings. The van der Waals surface area contributed by atoms with Crippen LogP contribution < -0.4 is 4.74 Å². The van der Waals surface area contributed by atoms with Crippen molar-refractivity contribution in [1.29, 1.82) is 0 Å². The van der Waals surface area contributed by atoms with Crippen LogP contribution in [0.1, 0.15) is 65.2 Å². The highest BCUT2D eigenvalue weighted by Gasteiger charge is 2.23. The van der Waals surface area contributed by atoms with Crippen molar-refractivity contribution >= 4 is 5.91 Å².